The average Bonchev–Trinajstić information content (AvgIpc) is 2.59. The highest BCUT2D eigenvalue weighted by Gasteiger charge is 2.02. The van der Waals surface area contributed by atoms with Crippen LogP contribution in [0.4, 0.5) is 0 Å². The predicted molar refractivity (Wildman–Crippen MR) is 92.0 cm³/mol. The Balaban J connectivity index is 1.88. The van der Waals surface area contributed by atoms with Crippen LogP contribution in [0.15, 0.2) is 47.6 Å². The average molecular weight is 328 g/mol. The van der Waals surface area contributed by atoms with Gasteiger partial charge in [-0.2, -0.15) is 5.10 Å². The Labute approximate surface area is 141 Å². The number of hydrogen-bond acceptors (Lipinski definition) is 5. The molecule has 0 bridgehead atoms. The Bertz CT molecular complexity index is 706. The van der Waals surface area contributed by atoms with Gasteiger partial charge >= 0.3 is 0 Å². The van der Waals surface area contributed by atoms with Crippen LogP contribution in [0.2, 0.25) is 0 Å². The first-order chi connectivity index (χ1) is 11.6. The first-order valence-corrected chi connectivity index (χ1v) is 7.35. The third-order valence-corrected chi connectivity index (χ3v) is 3.14. The standard InChI is InChI=1S/C18H20N2O4/c1-13-5-4-6-15(7-13)24-12-18(21)20-19-11-14-8-16(22-2)10-17(9-14)23-3/h4-11H,12H2,1-3H3,(H,20,21)/b19-11-. The van der Waals surface area contributed by atoms with Crippen LogP contribution in [0, 0.1) is 6.92 Å². The second-order valence-corrected chi connectivity index (χ2v) is 5.04. The summed E-state index contributed by atoms with van der Waals surface area (Å²) < 4.78 is 15.7. The number of rotatable bonds is 7. The van der Waals surface area contributed by atoms with Gasteiger partial charge < -0.3 is 14.2 Å². The number of hydrogen-bond donors (Lipinski definition) is 1. The fraction of sp³-hybridized carbons (Fsp3) is 0.222. The molecule has 1 amide bonds. The van der Waals surface area contributed by atoms with Gasteiger partial charge in [-0.1, -0.05) is 12.1 Å². The van der Waals surface area contributed by atoms with Crippen molar-refractivity contribution in [2.24, 2.45) is 5.10 Å². The van der Waals surface area contributed by atoms with Gasteiger partial charge in [-0.25, -0.2) is 5.43 Å². The van der Waals surface area contributed by atoms with Gasteiger partial charge in [0.05, 0.1) is 20.4 Å². The highest BCUT2D eigenvalue weighted by Crippen LogP contribution is 2.21. The monoisotopic (exact) mass is 328 g/mol. The van der Waals surface area contributed by atoms with Gasteiger partial charge in [0.2, 0.25) is 0 Å². The van der Waals surface area contributed by atoms with Crippen molar-refractivity contribution in [2.75, 3.05) is 20.8 Å². The van der Waals surface area contributed by atoms with Crippen LogP contribution in [0.5, 0.6) is 17.2 Å². The first kappa shape index (κ1) is 17.3. The quantitative estimate of drug-likeness (QED) is 0.626. The fourth-order valence-electron chi connectivity index (χ4n) is 1.97. The lowest BCUT2D eigenvalue weighted by atomic mass is 10.2. The molecule has 0 aliphatic rings. The molecule has 2 aromatic carbocycles. The van der Waals surface area contributed by atoms with Gasteiger partial charge in [-0.05, 0) is 36.8 Å². The summed E-state index contributed by atoms with van der Waals surface area (Å²) in [6.45, 7) is 1.85. The zero-order valence-electron chi connectivity index (χ0n) is 13.9. The van der Waals surface area contributed by atoms with E-state index in [1.807, 2.05) is 25.1 Å². The zero-order chi connectivity index (χ0) is 17.4. The van der Waals surface area contributed by atoms with Crippen LogP contribution in [0.1, 0.15) is 11.1 Å². The summed E-state index contributed by atoms with van der Waals surface area (Å²) in [5.74, 6) is 1.59. The smallest absolute Gasteiger partial charge is 0.277 e. The van der Waals surface area contributed by atoms with Crippen molar-refractivity contribution >= 4 is 12.1 Å². The maximum Gasteiger partial charge on any atom is 0.277 e. The Morgan fingerprint density at radius 3 is 2.42 bits per heavy atom. The highest BCUT2D eigenvalue weighted by molar-refractivity contribution is 5.83. The molecule has 0 atom stereocenters. The molecule has 0 spiro atoms. The fourth-order valence-corrected chi connectivity index (χ4v) is 1.97. The number of carbonyl (C=O) groups excluding carboxylic acids is 1. The summed E-state index contributed by atoms with van der Waals surface area (Å²) in [5, 5.41) is 3.91. The minimum atomic E-state index is -0.345. The van der Waals surface area contributed by atoms with E-state index in [4.69, 9.17) is 14.2 Å². The lowest BCUT2D eigenvalue weighted by molar-refractivity contribution is -0.123. The van der Waals surface area contributed by atoms with Crippen molar-refractivity contribution in [2.45, 2.75) is 6.92 Å². The molecular weight excluding hydrogens is 308 g/mol. The summed E-state index contributed by atoms with van der Waals surface area (Å²) in [6, 6.07) is 12.8. The van der Waals surface area contributed by atoms with E-state index in [9.17, 15) is 4.79 Å². The van der Waals surface area contributed by atoms with Crippen molar-refractivity contribution < 1.29 is 19.0 Å². The summed E-state index contributed by atoms with van der Waals surface area (Å²) in [7, 11) is 3.14. The minimum Gasteiger partial charge on any atom is -0.497 e. The van der Waals surface area contributed by atoms with Crippen molar-refractivity contribution in [3.63, 3.8) is 0 Å². The first-order valence-electron chi connectivity index (χ1n) is 7.35. The van der Waals surface area contributed by atoms with E-state index in [2.05, 4.69) is 10.5 Å². The number of ether oxygens (including phenoxy) is 3. The van der Waals surface area contributed by atoms with Crippen molar-refractivity contribution in [1.82, 2.24) is 5.43 Å². The Kier molecular flexibility index (Phi) is 6.19. The minimum absolute atomic E-state index is 0.109. The van der Waals surface area contributed by atoms with Crippen LogP contribution in [-0.2, 0) is 4.79 Å². The molecule has 0 unspecified atom stereocenters. The maximum absolute atomic E-state index is 11.7. The molecule has 0 fully saturated rings. The number of nitrogens with one attached hydrogen (secondary N) is 1. The molecule has 2 rings (SSSR count). The largest absolute Gasteiger partial charge is 0.497 e. The topological polar surface area (TPSA) is 69.2 Å². The second-order valence-electron chi connectivity index (χ2n) is 5.04. The van der Waals surface area contributed by atoms with E-state index in [0.29, 0.717) is 17.2 Å². The van der Waals surface area contributed by atoms with Gasteiger partial charge in [0.15, 0.2) is 6.61 Å². The van der Waals surface area contributed by atoms with Crippen molar-refractivity contribution in [3.8, 4) is 17.2 Å². The predicted octanol–water partition coefficient (Wildman–Crippen LogP) is 2.54. The number of amides is 1. The van der Waals surface area contributed by atoms with Gasteiger partial charge in [-0.15, -0.1) is 0 Å². The summed E-state index contributed by atoms with van der Waals surface area (Å²) in [5.41, 5.74) is 4.22. The van der Waals surface area contributed by atoms with E-state index < -0.39 is 0 Å². The molecule has 0 aliphatic carbocycles. The second kappa shape index (κ2) is 8.57. The molecule has 126 valence electrons. The lowest BCUT2D eigenvalue weighted by Gasteiger charge is -2.06. The number of aryl methyl sites for hydroxylation is 1. The molecule has 1 N–H and O–H groups in total. The molecule has 0 heterocycles. The van der Waals surface area contributed by atoms with Gasteiger partial charge in [0, 0.05) is 11.6 Å². The number of benzene rings is 2. The van der Waals surface area contributed by atoms with E-state index in [0.717, 1.165) is 11.1 Å². The Hall–Kier alpha value is -3.02. The molecule has 0 saturated carbocycles. The Morgan fingerprint density at radius 2 is 1.79 bits per heavy atom. The van der Waals surface area contributed by atoms with Gasteiger partial charge in [0.1, 0.15) is 17.2 Å². The molecule has 2 aromatic rings. The molecule has 0 aliphatic heterocycles. The lowest BCUT2D eigenvalue weighted by Crippen LogP contribution is -2.24. The molecule has 0 aromatic heterocycles. The number of hydrazone groups is 1. The molecule has 24 heavy (non-hydrogen) atoms. The third-order valence-electron chi connectivity index (χ3n) is 3.14. The van der Waals surface area contributed by atoms with E-state index in [1.165, 1.54) is 6.21 Å². The summed E-state index contributed by atoms with van der Waals surface area (Å²) >= 11 is 0. The van der Waals surface area contributed by atoms with Crippen LogP contribution in [-0.4, -0.2) is 32.9 Å². The van der Waals surface area contributed by atoms with Crippen LogP contribution < -0.4 is 19.6 Å². The number of methoxy groups -OCH3 is 2. The third kappa shape index (κ3) is 5.31. The molecule has 6 heteroatoms. The molecule has 0 saturated heterocycles. The van der Waals surface area contributed by atoms with Crippen molar-refractivity contribution in [1.29, 1.82) is 0 Å². The molecule has 0 radical (unpaired) electrons. The SMILES string of the molecule is COc1cc(/C=N\NC(=O)COc2cccc(C)c2)cc(OC)c1. The normalized spacial score (nSPS) is 10.5. The van der Waals surface area contributed by atoms with Crippen LogP contribution >= 0.6 is 0 Å². The number of carbonyl (C=O) groups is 1. The summed E-state index contributed by atoms with van der Waals surface area (Å²) in [6.07, 6.45) is 1.51. The van der Waals surface area contributed by atoms with E-state index in [-0.39, 0.29) is 12.5 Å². The highest BCUT2D eigenvalue weighted by atomic mass is 16.5. The maximum atomic E-state index is 11.7. The van der Waals surface area contributed by atoms with Crippen LogP contribution in [0.3, 0.4) is 0 Å². The zero-order valence-corrected chi connectivity index (χ0v) is 13.9. The summed E-state index contributed by atoms with van der Waals surface area (Å²) in [4.78, 5) is 11.7. The number of nitrogens with zero attached hydrogens (tertiary/aromatic N) is 1. The Morgan fingerprint density at radius 1 is 1.08 bits per heavy atom. The van der Waals surface area contributed by atoms with Crippen molar-refractivity contribution in [3.05, 3.63) is 53.6 Å². The van der Waals surface area contributed by atoms with Gasteiger partial charge in [0.25, 0.3) is 5.91 Å². The van der Waals surface area contributed by atoms with E-state index >= 15 is 0 Å². The van der Waals surface area contributed by atoms with Gasteiger partial charge in [-0.3, -0.25) is 4.79 Å². The molecule has 6 nitrogen and oxygen atoms in total. The van der Waals surface area contributed by atoms with Crippen LogP contribution in [0.25, 0.3) is 0 Å². The molecular formula is C18H20N2O4. The van der Waals surface area contributed by atoms with E-state index in [1.54, 1.807) is 38.5 Å².